The molecule has 0 bridgehead atoms. The van der Waals surface area contributed by atoms with Gasteiger partial charge >= 0.3 is 283 Å². The van der Waals surface area contributed by atoms with Crippen molar-refractivity contribution in [1.82, 2.24) is 0 Å². The topological polar surface area (TPSA) is 0 Å². The first-order chi connectivity index (χ1) is 21.7. The summed E-state index contributed by atoms with van der Waals surface area (Å²) in [6.45, 7) is 18.9. The van der Waals surface area contributed by atoms with Crippen LogP contribution in [0.3, 0.4) is 0 Å². The number of benzene rings is 4. The number of allylic oxidation sites excluding steroid dienone is 2. The molecular formula is C44H54HfSi. The van der Waals surface area contributed by atoms with E-state index in [1.807, 2.05) is 0 Å². The van der Waals surface area contributed by atoms with Crippen LogP contribution in [-0.2, 0) is 28.0 Å². The van der Waals surface area contributed by atoms with Gasteiger partial charge in [0, 0.05) is 0 Å². The molecule has 4 aromatic carbocycles. The van der Waals surface area contributed by atoms with Crippen molar-refractivity contribution in [3.05, 3.63) is 130 Å². The zero-order valence-corrected chi connectivity index (χ0v) is 34.6. The molecule has 4 aromatic rings. The molecule has 0 nitrogen and oxygen atoms in total. The van der Waals surface area contributed by atoms with Gasteiger partial charge in [0.05, 0.1) is 0 Å². The van der Waals surface area contributed by atoms with Gasteiger partial charge in [0.15, 0.2) is 0 Å². The summed E-state index contributed by atoms with van der Waals surface area (Å²) in [5.41, 5.74) is 14.1. The Labute approximate surface area is 280 Å². The normalized spacial score (nSPS) is 17.7. The summed E-state index contributed by atoms with van der Waals surface area (Å²) in [7, 11) is 0. The first-order valence-corrected chi connectivity index (χ1v) is 36.2. The molecule has 2 heteroatoms. The molecule has 6 rings (SSSR count). The van der Waals surface area contributed by atoms with E-state index in [9.17, 15) is 0 Å². The molecule has 0 saturated heterocycles. The summed E-state index contributed by atoms with van der Waals surface area (Å²) in [6.07, 6.45) is 10.4. The molecule has 0 amide bonds. The third-order valence-corrected chi connectivity index (χ3v) is 69.9. The second-order valence-corrected chi connectivity index (χ2v) is 63.2. The number of rotatable bonds is 6. The first kappa shape index (κ1) is 33.4. The van der Waals surface area contributed by atoms with Crippen LogP contribution in [0, 0.1) is 0 Å². The summed E-state index contributed by atoms with van der Waals surface area (Å²) in [6, 6.07) is 35.7. The molecule has 0 aromatic heterocycles. The quantitative estimate of drug-likeness (QED) is 0.171. The van der Waals surface area contributed by atoms with E-state index < -0.39 is 22.6 Å². The van der Waals surface area contributed by atoms with E-state index in [2.05, 4.69) is 174 Å². The molecule has 0 heterocycles. The van der Waals surface area contributed by atoms with Crippen LogP contribution >= 0.6 is 0 Å². The Bertz CT molecular complexity index is 1810. The van der Waals surface area contributed by atoms with Gasteiger partial charge in [-0.1, -0.05) is 0 Å². The zero-order chi connectivity index (χ0) is 33.1. The second-order valence-electron chi connectivity index (χ2n) is 16.9. The molecule has 0 radical (unpaired) electrons. The minimum absolute atomic E-state index is 0.129. The summed E-state index contributed by atoms with van der Waals surface area (Å²) < 4.78 is 6.87. The van der Waals surface area contributed by atoms with E-state index in [1.54, 1.807) is 11.1 Å². The Morgan fingerprint density at radius 1 is 0.565 bits per heavy atom. The van der Waals surface area contributed by atoms with Gasteiger partial charge < -0.3 is 0 Å². The summed E-state index contributed by atoms with van der Waals surface area (Å²) >= 11 is -3.84. The monoisotopic (exact) mass is 790 g/mol. The van der Waals surface area contributed by atoms with Crippen molar-refractivity contribution >= 4 is 17.6 Å². The number of hydrogen-bond acceptors (Lipinski definition) is 0. The van der Waals surface area contributed by atoms with Crippen LogP contribution in [0.25, 0.3) is 34.4 Å². The fourth-order valence-corrected chi connectivity index (χ4v) is 65.3. The standard InChI is InChI=1S/2C19H19.C4H10Si.2CH3.Hf/c2*1-19(2,3)16-10-4-9-15(13-16)18-12-6-8-14-7-5-11-17(14)18;1-3-5-4-2;;;/h2*4-13H,1-3H3;3-4H2,1-2H3;2*1H3;. The summed E-state index contributed by atoms with van der Waals surface area (Å²) in [4.78, 5) is 0. The van der Waals surface area contributed by atoms with E-state index in [0.29, 0.717) is 7.35 Å². The van der Waals surface area contributed by atoms with Crippen molar-refractivity contribution < 1.29 is 17.1 Å². The van der Waals surface area contributed by atoms with Gasteiger partial charge in [0.1, 0.15) is 0 Å². The van der Waals surface area contributed by atoms with Crippen LogP contribution in [0.15, 0.2) is 97.1 Å². The molecule has 2 aliphatic carbocycles. The predicted octanol–water partition coefficient (Wildman–Crippen LogP) is 13.3. The SMILES string of the molecule is CC[Si](CC)=[Hf]([CH3])([CH3])([CH]1C=Cc2c(-c3cccc(C(C)(C)C)c3)cccc21)[CH]1C=Cc2c(-c3cccc(C(C)(C)C)c3)cccc21. The maximum atomic E-state index is 2.88. The van der Waals surface area contributed by atoms with Crippen molar-refractivity contribution in [2.45, 2.75) is 95.0 Å². The Morgan fingerprint density at radius 3 is 1.33 bits per heavy atom. The van der Waals surface area contributed by atoms with Crippen molar-refractivity contribution in [2.75, 3.05) is 0 Å². The van der Waals surface area contributed by atoms with Crippen molar-refractivity contribution in [1.29, 1.82) is 0 Å². The van der Waals surface area contributed by atoms with Crippen LogP contribution in [0.4, 0.5) is 0 Å². The molecule has 0 N–H and O–H groups in total. The van der Waals surface area contributed by atoms with Crippen LogP contribution < -0.4 is 0 Å². The number of hydrogen-bond donors (Lipinski definition) is 0. The van der Waals surface area contributed by atoms with Gasteiger partial charge in [-0.25, -0.2) is 0 Å². The van der Waals surface area contributed by atoms with Crippen LogP contribution in [0.1, 0.15) is 96.1 Å². The van der Waals surface area contributed by atoms with E-state index in [1.165, 1.54) is 56.6 Å². The predicted molar refractivity (Wildman–Crippen MR) is 203 cm³/mol. The average molecular weight is 789 g/mol. The Morgan fingerprint density at radius 2 is 0.957 bits per heavy atom. The molecule has 238 valence electrons. The van der Waals surface area contributed by atoms with Crippen LogP contribution in [-0.4, -0.2) is 5.49 Å². The first-order valence-electron chi connectivity index (χ1n) is 17.6. The van der Waals surface area contributed by atoms with Gasteiger partial charge in [-0.15, -0.1) is 0 Å². The molecule has 0 spiro atoms. The van der Waals surface area contributed by atoms with Crippen molar-refractivity contribution in [3.63, 3.8) is 0 Å². The van der Waals surface area contributed by atoms with Gasteiger partial charge in [-0.2, -0.15) is 0 Å². The third-order valence-electron chi connectivity index (χ3n) is 11.8. The van der Waals surface area contributed by atoms with Crippen molar-refractivity contribution in [3.8, 4) is 22.3 Å². The maximum absolute atomic E-state index is 3.84. The molecular weight excluding hydrogens is 735 g/mol. The molecule has 2 aliphatic rings. The minimum atomic E-state index is -3.84. The third kappa shape index (κ3) is 5.46. The number of fused-ring (bicyclic) bond motifs is 2. The molecule has 0 saturated carbocycles. The van der Waals surface area contributed by atoms with Gasteiger partial charge in [-0.05, 0) is 0 Å². The Kier molecular flexibility index (Phi) is 8.59. The fourth-order valence-electron chi connectivity index (χ4n) is 9.03. The molecule has 0 fully saturated rings. The van der Waals surface area contributed by atoms with E-state index in [4.69, 9.17) is 0 Å². The summed E-state index contributed by atoms with van der Waals surface area (Å²) in [5.74, 6) is 0. The van der Waals surface area contributed by atoms with Crippen LogP contribution in [0.5, 0.6) is 0 Å². The fraction of sp³-hybridized carbons (Fsp3) is 0.364. The molecule has 2 atom stereocenters. The second kappa shape index (κ2) is 11.8. The Balaban J connectivity index is 1.52. The van der Waals surface area contributed by atoms with Crippen LogP contribution in [0.2, 0.25) is 21.4 Å². The molecule has 2 unspecified atom stereocenters. The van der Waals surface area contributed by atoms with E-state index in [0.717, 1.165) is 0 Å². The van der Waals surface area contributed by atoms with Gasteiger partial charge in [0.25, 0.3) is 0 Å². The molecule has 0 aliphatic heterocycles. The van der Waals surface area contributed by atoms with Gasteiger partial charge in [-0.3, -0.25) is 0 Å². The zero-order valence-electron chi connectivity index (χ0n) is 30.0. The Hall–Kier alpha value is -2.55. The molecule has 46 heavy (non-hydrogen) atoms. The average Bonchev–Trinajstić information content (AvgIpc) is 3.67. The summed E-state index contributed by atoms with van der Waals surface area (Å²) in [5, 5.41) is 0. The van der Waals surface area contributed by atoms with Gasteiger partial charge in [0.2, 0.25) is 0 Å². The van der Waals surface area contributed by atoms with Crippen molar-refractivity contribution in [2.24, 2.45) is 0 Å². The van der Waals surface area contributed by atoms with E-state index >= 15 is 0 Å². The van der Waals surface area contributed by atoms with E-state index in [-0.39, 0.29) is 10.8 Å².